The molecule has 5 nitrogen and oxygen atoms in total. The molecule has 0 aliphatic carbocycles. The summed E-state index contributed by atoms with van der Waals surface area (Å²) in [5.41, 5.74) is 8.09. The number of halogens is 3. The van der Waals surface area contributed by atoms with E-state index in [1.165, 1.54) is 18.2 Å². The molecule has 2 aromatic rings. The van der Waals surface area contributed by atoms with Crippen molar-refractivity contribution in [2.45, 2.75) is 39.3 Å². The first-order chi connectivity index (χ1) is 13.2. The minimum absolute atomic E-state index is 0.00485. The van der Waals surface area contributed by atoms with Gasteiger partial charge in [0.1, 0.15) is 0 Å². The molecule has 8 heteroatoms. The van der Waals surface area contributed by atoms with Gasteiger partial charge in [0.2, 0.25) is 0 Å². The smallest absolute Gasteiger partial charge is 0.404 e. The van der Waals surface area contributed by atoms with Crippen LogP contribution in [0.3, 0.4) is 0 Å². The maximum Gasteiger partial charge on any atom is 0.573 e. The number of anilines is 1. The van der Waals surface area contributed by atoms with Crippen molar-refractivity contribution in [2.24, 2.45) is 10.7 Å². The molecule has 28 heavy (non-hydrogen) atoms. The minimum Gasteiger partial charge on any atom is -0.404 e. The van der Waals surface area contributed by atoms with Crippen LogP contribution in [0.5, 0.6) is 5.75 Å². The molecule has 0 radical (unpaired) electrons. The van der Waals surface area contributed by atoms with Gasteiger partial charge in [-0.1, -0.05) is 36.4 Å². The molecule has 0 unspecified atom stereocenters. The number of alkyl halides is 3. The van der Waals surface area contributed by atoms with Crippen LogP contribution in [0.1, 0.15) is 25.0 Å². The highest BCUT2D eigenvalue weighted by atomic mass is 19.4. The van der Waals surface area contributed by atoms with Crippen LogP contribution in [0.4, 0.5) is 18.9 Å². The minimum atomic E-state index is -4.79. The topological polar surface area (TPSA) is 62.9 Å². The average Bonchev–Trinajstić information content (AvgIpc) is 2.61. The molecule has 2 rings (SSSR count). The number of aliphatic imine (C=N–C) groups is 1. The van der Waals surface area contributed by atoms with Gasteiger partial charge in [-0.2, -0.15) is 0 Å². The monoisotopic (exact) mass is 394 g/mol. The largest absolute Gasteiger partial charge is 0.573 e. The van der Waals surface area contributed by atoms with Gasteiger partial charge in [-0.15, -0.1) is 13.2 Å². The summed E-state index contributed by atoms with van der Waals surface area (Å²) in [6, 6.07) is 13.9. The van der Waals surface area contributed by atoms with Crippen LogP contribution in [-0.2, 0) is 13.1 Å². The molecule has 0 bridgehead atoms. The van der Waals surface area contributed by atoms with E-state index >= 15 is 0 Å². The van der Waals surface area contributed by atoms with E-state index in [0.29, 0.717) is 12.6 Å². The molecule has 0 aliphatic heterocycles. The average molecular weight is 394 g/mol. The van der Waals surface area contributed by atoms with E-state index in [9.17, 15) is 13.2 Å². The molecular weight excluding hydrogens is 369 g/mol. The number of nitrogens with one attached hydrogen (secondary N) is 1. The van der Waals surface area contributed by atoms with Crippen LogP contribution in [0.15, 0.2) is 53.5 Å². The highest BCUT2D eigenvalue weighted by Gasteiger charge is 2.32. The van der Waals surface area contributed by atoms with Gasteiger partial charge >= 0.3 is 6.36 Å². The van der Waals surface area contributed by atoms with Crippen LogP contribution < -0.4 is 15.8 Å². The molecule has 0 heterocycles. The molecule has 0 aliphatic rings. The van der Waals surface area contributed by atoms with Crippen LogP contribution >= 0.6 is 0 Å². The fourth-order valence-electron chi connectivity index (χ4n) is 2.45. The molecule has 152 valence electrons. The van der Waals surface area contributed by atoms with E-state index in [4.69, 9.17) is 5.73 Å². The second kappa shape index (κ2) is 9.45. The predicted octanol–water partition coefficient (Wildman–Crippen LogP) is 4.35. The summed E-state index contributed by atoms with van der Waals surface area (Å²) < 4.78 is 41.6. The maximum absolute atomic E-state index is 12.5. The Kier molecular flexibility index (Phi) is 7.28. The van der Waals surface area contributed by atoms with Crippen molar-refractivity contribution in [1.82, 2.24) is 4.90 Å². The number of para-hydroxylation sites is 2. The fraction of sp³-hybridized carbons (Fsp3) is 0.350. The first kappa shape index (κ1) is 21.6. The second-order valence-corrected chi connectivity index (χ2v) is 6.65. The quantitative estimate of drug-likeness (QED) is 0.541. The van der Waals surface area contributed by atoms with Crippen LogP contribution in [0, 0.1) is 0 Å². The molecule has 3 N–H and O–H groups in total. The fourth-order valence-corrected chi connectivity index (χ4v) is 2.45. The number of guanidine groups is 1. The lowest BCUT2D eigenvalue weighted by atomic mass is 10.1. The van der Waals surface area contributed by atoms with Crippen LogP contribution in [0.2, 0.25) is 0 Å². The van der Waals surface area contributed by atoms with Gasteiger partial charge in [0.15, 0.2) is 11.7 Å². The summed E-state index contributed by atoms with van der Waals surface area (Å²) >= 11 is 0. The van der Waals surface area contributed by atoms with Crippen molar-refractivity contribution in [3.05, 3.63) is 59.7 Å². The zero-order valence-corrected chi connectivity index (χ0v) is 16.1. The van der Waals surface area contributed by atoms with Crippen LogP contribution in [-0.4, -0.2) is 30.3 Å². The molecular formula is C20H25F3N4O. The Morgan fingerprint density at radius 1 is 1.11 bits per heavy atom. The zero-order chi connectivity index (χ0) is 20.7. The highest BCUT2D eigenvalue weighted by Crippen LogP contribution is 2.29. The number of nitrogens with two attached hydrogens (primary N) is 1. The van der Waals surface area contributed by atoms with Gasteiger partial charge in [0.25, 0.3) is 0 Å². The van der Waals surface area contributed by atoms with Gasteiger partial charge in [0, 0.05) is 12.6 Å². The number of hydrogen-bond acceptors (Lipinski definition) is 3. The summed E-state index contributed by atoms with van der Waals surface area (Å²) in [5.74, 6) is -0.364. The second-order valence-electron chi connectivity index (χ2n) is 6.65. The summed E-state index contributed by atoms with van der Waals surface area (Å²) in [7, 11) is 2.04. The Bertz CT molecular complexity index is 806. The first-order valence-corrected chi connectivity index (χ1v) is 8.84. The third-order valence-corrected chi connectivity index (χ3v) is 4.21. The van der Waals surface area contributed by atoms with Gasteiger partial charge in [-0.25, -0.2) is 4.99 Å². The Morgan fingerprint density at radius 3 is 2.36 bits per heavy atom. The van der Waals surface area contributed by atoms with E-state index in [1.54, 1.807) is 6.07 Å². The third-order valence-electron chi connectivity index (χ3n) is 4.21. The van der Waals surface area contributed by atoms with E-state index in [2.05, 4.69) is 33.8 Å². The standard InChI is InChI=1S/C20H25F3N4O/c1-14(2)27(3)13-16-9-5-4-8-15(16)12-25-19(24)26-17-10-6-7-11-18(17)28-20(21,22)23/h4-11,14H,12-13H2,1-3H3,(H3,24,25,26). The summed E-state index contributed by atoms with van der Waals surface area (Å²) in [5, 5.41) is 2.67. The molecule has 0 fully saturated rings. The van der Waals surface area contributed by atoms with Gasteiger partial charge < -0.3 is 15.8 Å². The first-order valence-electron chi connectivity index (χ1n) is 8.84. The molecule has 0 amide bonds. The van der Waals surface area contributed by atoms with Gasteiger partial charge in [0.05, 0.1) is 12.2 Å². The third kappa shape index (κ3) is 6.77. The predicted molar refractivity (Wildman–Crippen MR) is 105 cm³/mol. The highest BCUT2D eigenvalue weighted by molar-refractivity contribution is 5.93. The summed E-state index contributed by atoms with van der Waals surface area (Å²) in [4.78, 5) is 6.47. The SMILES string of the molecule is CC(C)N(C)Cc1ccccc1CN=C(N)Nc1ccccc1OC(F)(F)F. The molecule has 0 aromatic heterocycles. The van der Waals surface area contributed by atoms with Crippen molar-refractivity contribution in [3.8, 4) is 5.75 Å². The molecule has 0 atom stereocenters. The lowest BCUT2D eigenvalue weighted by Crippen LogP contribution is -2.26. The van der Waals surface area contributed by atoms with Gasteiger partial charge in [-0.05, 0) is 44.2 Å². The van der Waals surface area contributed by atoms with E-state index in [1.807, 2.05) is 31.3 Å². The van der Waals surface area contributed by atoms with Gasteiger partial charge in [-0.3, -0.25) is 4.90 Å². The molecule has 2 aromatic carbocycles. The van der Waals surface area contributed by atoms with Crippen molar-refractivity contribution < 1.29 is 17.9 Å². The number of ether oxygens (including phenoxy) is 1. The number of benzene rings is 2. The Labute approximate surface area is 163 Å². The molecule has 0 saturated heterocycles. The van der Waals surface area contributed by atoms with E-state index in [0.717, 1.165) is 17.7 Å². The number of nitrogens with zero attached hydrogens (tertiary/aromatic N) is 2. The van der Waals surface area contributed by atoms with Crippen molar-refractivity contribution in [2.75, 3.05) is 12.4 Å². The normalized spacial score (nSPS) is 12.5. The Hall–Kier alpha value is -2.74. The maximum atomic E-state index is 12.5. The number of hydrogen-bond donors (Lipinski definition) is 2. The van der Waals surface area contributed by atoms with Crippen molar-refractivity contribution in [1.29, 1.82) is 0 Å². The Morgan fingerprint density at radius 2 is 1.71 bits per heavy atom. The Balaban J connectivity index is 2.10. The summed E-state index contributed by atoms with van der Waals surface area (Å²) in [6.45, 7) is 5.30. The lowest BCUT2D eigenvalue weighted by Gasteiger charge is -2.22. The van der Waals surface area contributed by atoms with Crippen molar-refractivity contribution >= 4 is 11.6 Å². The summed E-state index contributed by atoms with van der Waals surface area (Å²) in [6.07, 6.45) is -4.79. The van der Waals surface area contributed by atoms with Crippen LogP contribution in [0.25, 0.3) is 0 Å². The lowest BCUT2D eigenvalue weighted by molar-refractivity contribution is -0.274. The van der Waals surface area contributed by atoms with E-state index < -0.39 is 6.36 Å². The van der Waals surface area contributed by atoms with Crippen molar-refractivity contribution in [3.63, 3.8) is 0 Å². The molecule has 0 saturated carbocycles. The number of rotatable bonds is 7. The zero-order valence-electron chi connectivity index (χ0n) is 16.1. The van der Waals surface area contributed by atoms with E-state index in [-0.39, 0.29) is 17.4 Å². The molecule has 0 spiro atoms.